The molecule has 4 aromatic rings. The van der Waals surface area contributed by atoms with E-state index < -0.39 is 6.10 Å². The Morgan fingerprint density at radius 2 is 1.63 bits per heavy atom. The van der Waals surface area contributed by atoms with Crippen molar-refractivity contribution in [3.05, 3.63) is 84.4 Å². The van der Waals surface area contributed by atoms with Crippen molar-refractivity contribution in [2.75, 3.05) is 10.6 Å². The highest BCUT2D eigenvalue weighted by Gasteiger charge is 2.16. The van der Waals surface area contributed by atoms with Crippen molar-refractivity contribution in [1.29, 1.82) is 0 Å². The molecule has 0 aliphatic heterocycles. The quantitative estimate of drug-likeness (QED) is 0.465. The first-order valence-electron chi connectivity index (χ1n) is 9.38. The summed E-state index contributed by atoms with van der Waals surface area (Å²) in [6.45, 7) is 1.70. The van der Waals surface area contributed by atoms with Gasteiger partial charge in [-0.25, -0.2) is 4.98 Å². The lowest BCUT2D eigenvalue weighted by Crippen LogP contribution is -2.30. The molecule has 0 saturated carbocycles. The zero-order valence-corrected chi connectivity index (χ0v) is 17.0. The summed E-state index contributed by atoms with van der Waals surface area (Å²) in [4.78, 5) is 29.2. The number of benzene rings is 3. The largest absolute Gasteiger partial charge is 0.481 e. The number of nitrogens with zero attached hydrogens (tertiary/aromatic N) is 1. The van der Waals surface area contributed by atoms with Crippen molar-refractivity contribution >= 4 is 44.2 Å². The summed E-state index contributed by atoms with van der Waals surface area (Å²) in [5, 5.41) is 6.17. The van der Waals surface area contributed by atoms with Crippen molar-refractivity contribution in [3.63, 3.8) is 0 Å². The molecule has 0 saturated heterocycles. The number of carbonyl (C=O) groups excluding carboxylic acids is 2. The minimum Gasteiger partial charge on any atom is -0.481 e. The molecule has 2 N–H and O–H groups in total. The van der Waals surface area contributed by atoms with Crippen molar-refractivity contribution in [2.24, 2.45) is 0 Å². The number of nitrogens with one attached hydrogen (secondary N) is 2. The molecule has 0 aliphatic rings. The normalized spacial score (nSPS) is 11.6. The number of para-hydroxylation sites is 1. The fourth-order valence-electron chi connectivity index (χ4n) is 2.82. The van der Waals surface area contributed by atoms with Gasteiger partial charge in [-0.1, -0.05) is 47.7 Å². The first-order valence-corrected chi connectivity index (χ1v) is 10.2. The van der Waals surface area contributed by atoms with Gasteiger partial charge < -0.3 is 10.1 Å². The number of carbonyl (C=O) groups is 2. The minimum atomic E-state index is -0.648. The Morgan fingerprint density at radius 1 is 0.933 bits per heavy atom. The molecular formula is C23H19N3O3S. The van der Waals surface area contributed by atoms with Crippen LogP contribution < -0.4 is 15.4 Å². The van der Waals surface area contributed by atoms with Crippen LogP contribution in [-0.4, -0.2) is 22.9 Å². The molecule has 0 bridgehead atoms. The number of rotatable bonds is 6. The second-order valence-corrected chi connectivity index (χ2v) is 7.61. The Morgan fingerprint density at radius 3 is 2.37 bits per heavy atom. The number of ether oxygens (including phenoxy) is 1. The van der Waals surface area contributed by atoms with Gasteiger partial charge in [-0.05, 0) is 49.4 Å². The molecule has 3 aromatic carbocycles. The van der Waals surface area contributed by atoms with Crippen molar-refractivity contribution < 1.29 is 14.3 Å². The maximum atomic E-state index is 12.5. The van der Waals surface area contributed by atoms with Crippen molar-refractivity contribution in [1.82, 2.24) is 4.98 Å². The van der Waals surface area contributed by atoms with Crippen LogP contribution in [0.3, 0.4) is 0 Å². The molecule has 6 nitrogen and oxygen atoms in total. The molecule has 2 amide bonds. The molecule has 0 unspecified atom stereocenters. The molecule has 30 heavy (non-hydrogen) atoms. The number of hydrogen-bond donors (Lipinski definition) is 2. The molecule has 0 aliphatic carbocycles. The summed E-state index contributed by atoms with van der Waals surface area (Å²) in [5.74, 6) is 0.173. The maximum absolute atomic E-state index is 12.5. The molecule has 7 heteroatoms. The number of anilines is 2. The van der Waals surface area contributed by atoms with Crippen molar-refractivity contribution in [2.45, 2.75) is 13.0 Å². The summed E-state index contributed by atoms with van der Waals surface area (Å²) < 4.78 is 6.51. The molecule has 1 atom stereocenters. The maximum Gasteiger partial charge on any atom is 0.265 e. The van der Waals surface area contributed by atoms with Crippen LogP contribution in [0.1, 0.15) is 17.3 Å². The molecule has 0 spiro atoms. The van der Waals surface area contributed by atoms with Crippen LogP contribution >= 0.6 is 11.3 Å². The second-order valence-electron chi connectivity index (χ2n) is 6.58. The van der Waals surface area contributed by atoms with Crippen LogP contribution in [-0.2, 0) is 4.79 Å². The summed E-state index contributed by atoms with van der Waals surface area (Å²) in [5.41, 5.74) is 1.95. The van der Waals surface area contributed by atoms with E-state index in [9.17, 15) is 9.59 Å². The van der Waals surface area contributed by atoms with Crippen molar-refractivity contribution in [3.8, 4) is 5.75 Å². The highest BCUT2D eigenvalue weighted by molar-refractivity contribution is 7.22. The summed E-state index contributed by atoms with van der Waals surface area (Å²) in [6, 6.07) is 23.6. The number of thiazole rings is 1. The van der Waals surface area contributed by atoms with E-state index in [0.717, 1.165) is 10.2 Å². The van der Waals surface area contributed by atoms with Gasteiger partial charge in [0.05, 0.1) is 10.2 Å². The Balaban J connectivity index is 1.43. The molecular weight excluding hydrogens is 398 g/mol. The highest BCUT2D eigenvalue weighted by atomic mass is 32.1. The van der Waals surface area contributed by atoms with Gasteiger partial charge in [0.15, 0.2) is 11.2 Å². The summed E-state index contributed by atoms with van der Waals surface area (Å²) >= 11 is 1.35. The molecule has 150 valence electrons. The third-order valence-corrected chi connectivity index (χ3v) is 5.27. The van der Waals surface area contributed by atoms with E-state index in [1.54, 1.807) is 37.3 Å². The van der Waals surface area contributed by atoms with Gasteiger partial charge in [-0.15, -0.1) is 0 Å². The van der Waals surface area contributed by atoms with E-state index in [4.69, 9.17) is 4.74 Å². The Labute approximate surface area is 177 Å². The third kappa shape index (κ3) is 4.64. The van der Waals surface area contributed by atoms with Crippen LogP contribution in [0.4, 0.5) is 10.8 Å². The zero-order chi connectivity index (χ0) is 20.9. The Bertz CT molecular complexity index is 1180. The average Bonchev–Trinajstić information content (AvgIpc) is 3.16. The first-order chi connectivity index (χ1) is 14.6. The Hall–Kier alpha value is -3.71. The number of aromatic nitrogens is 1. The lowest BCUT2D eigenvalue weighted by molar-refractivity contribution is -0.122. The third-order valence-electron chi connectivity index (χ3n) is 4.34. The molecule has 0 radical (unpaired) electrons. The van der Waals surface area contributed by atoms with E-state index in [1.807, 2.05) is 48.5 Å². The molecule has 4 rings (SSSR count). The predicted octanol–water partition coefficient (Wildman–Crippen LogP) is 4.95. The van der Waals surface area contributed by atoms with Gasteiger partial charge in [0.1, 0.15) is 5.75 Å². The average molecular weight is 417 g/mol. The van der Waals surface area contributed by atoms with Gasteiger partial charge in [-0.2, -0.15) is 0 Å². The monoisotopic (exact) mass is 417 g/mol. The predicted molar refractivity (Wildman–Crippen MR) is 119 cm³/mol. The number of amides is 2. The second kappa shape index (κ2) is 8.75. The van der Waals surface area contributed by atoms with Gasteiger partial charge in [0.25, 0.3) is 11.8 Å². The summed E-state index contributed by atoms with van der Waals surface area (Å²) in [6.07, 6.45) is -0.648. The lowest BCUT2D eigenvalue weighted by Gasteiger charge is -2.14. The first kappa shape index (κ1) is 19.6. The van der Waals surface area contributed by atoms with E-state index in [-0.39, 0.29) is 11.8 Å². The smallest absolute Gasteiger partial charge is 0.265 e. The molecule has 0 fully saturated rings. The van der Waals surface area contributed by atoms with Crippen LogP contribution in [0.5, 0.6) is 5.75 Å². The fourth-order valence-corrected chi connectivity index (χ4v) is 3.72. The minimum absolute atomic E-state index is 0.213. The van der Waals surface area contributed by atoms with Crippen LogP contribution in [0.2, 0.25) is 0 Å². The van der Waals surface area contributed by atoms with Gasteiger partial charge in [0, 0.05) is 11.3 Å². The molecule has 1 aromatic heterocycles. The van der Waals surface area contributed by atoms with E-state index in [1.165, 1.54) is 11.3 Å². The lowest BCUT2D eigenvalue weighted by atomic mass is 10.2. The highest BCUT2D eigenvalue weighted by Crippen LogP contribution is 2.29. The van der Waals surface area contributed by atoms with E-state index >= 15 is 0 Å². The number of fused-ring (bicyclic) bond motifs is 1. The van der Waals surface area contributed by atoms with Crippen LogP contribution in [0, 0.1) is 0 Å². The summed E-state index contributed by atoms with van der Waals surface area (Å²) in [7, 11) is 0. The van der Waals surface area contributed by atoms with Gasteiger partial charge >= 0.3 is 0 Å². The topological polar surface area (TPSA) is 80.3 Å². The zero-order valence-electron chi connectivity index (χ0n) is 16.2. The fraction of sp³-hybridized carbons (Fsp3) is 0.0870. The van der Waals surface area contributed by atoms with Crippen LogP contribution in [0.15, 0.2) is 78.9 Å². The SMILES string of the molecule is C[C@@H](Oc1ccccc1)C(=O)Nc1ccc2nc(NC(=O)c3ccccc3)sc2c1. The van der Waals surface area contributed by atoms with Crippen LogP contribution in [0.25, 0.3) is 10.2 Å². The van der Waals surface area contributed by atoms with E-state index in [2.05, 4.69) is 15.6 Å². The van der Waals surface area contributed by atoms with Gasteiger partial charge in [-0.3, -0.25) is 14.9 Å². The number of hydrogen-bond acceptors (Lipinski definition) is 5. The standard InChI is InChI=1S/C23H19N3O3S/c1-15(29-18-10-6-3-7-11-18)21(27)24-17-12-13-19-20(14-17)30-23(25-19)26-22(28)16-8-4-2-5-9-16/h2-15H,1H3,(H,24,27)(H,25,26,28)/t15-/m1/s1. The van der Waals surface area contributed by atoms with E-state index in [0.29, 0.717) is 22.1 Å². The Kier molecular flexibility index (Phi) is 5.72. The van der Waals surface area contributed by atoms with Gasteiger partial charge in [0.2, 0.25) is 0 Å². The molecule has 1 heterocycles.